The molecule has 1 aliphatic rings. The number of likely N-dealkylation sites (tertiary alicyclic amines) is 1. The van der Waals surface area contributed by atoms with Gasteiger partial charge in [-0.2, -0.15) is 0 Å². The highest BCUT2D eigenvalue weighted by atomic mass is 16.5. The van der Waals surface area contributed by atoms with Crippen LogP contribution in [0.3, 0.4) is 0 Å². The molecule has 2 aromatic rings. The van der Waals surface area contributed by atoms with Gasteiger partial charge >= 0.3 is 6.03 Å². The molecule has 1 fully saturated rings. The van der Waals surface area contributed by atoms with E-state index in [1.165, 1.54) is 0 Å². The lowest BCUT2D eigenvalue weighted by Crippen LogP contribution is -2.40. The zero-order chi connectivity index (χ0) is 17.5. The second kappa shape index (κ2) is 8.60. The SMILES string of the molecule is COCCN1CCC(NC(=O)Nc2cccnc2-c2ccccc2)C1. The normalized spacial score (nSPS) is 17.4. The van der Waals surface area contributed by atoms with Crippen LogP contribution in [0, 0.1) is 0 Å². The van der Waals surface area contributed by atoms with E-state index in [-0.39, 0.29) is 12.1 Å². The highest BCUT2D eigenvalue weighted by Crippen LogP contribution is 2.24. The van der Waals surface area contributed by atoms with E-state index >= 15 is 0 Å². The molecule has 2 N–H and O–H groups in total. The maximum absolute atomic E-state index is 12.4. The summed E-state index contributed by atoms with van der Waals surface area (Å²) in [7, 11) is 1.71. The topological polar surface area (TPSA) is 66.5 Å². The number of amides is 2. The number of carbonyl (C=O) groups is 1. The minimum absolute atomic E-state index is 0.161. The van der Waals surface area contributed by atoms with E-state index in [4.69, 9.17) is 4.74 Å². The summed E-state index contributed by atoms with van der Waals surface area (Å²) < 4.78 is 5.11. The summed E-state index contributed by atoms with van der Waals surface area (Å²) in [5.74, 6) is 0. The number of nitrogens with one attached hydrogen (secondary N) is 2. The third kappa shape index (κ3) is 4.78. The first-order chi connectivity index (χ1) is 12.3. The lowest BCUT2D eigenvalue weighted by atomic mass is 10.1. The lowest BCUT2D eigenvalue weighted by molar-refractivity contribution is 0.160. The number of anilines is 1. The number of benzene rings is 1. The van der Waals surface area contributed by atoms with Crippen molar-refractivity contribution in [2.45, 2.75) is 12.5 Å². The highest BCUT2D eigenvalue weighted by molar-refractivity contribution is 5.93. The molecule has 0 spiro atoms. The van der Waals surface area contributed by atoms with Crippen molar-refractivity contribution in [1.29, 1.82) is 0 Å². The van der Waals surface area contributed by atoms with Crippen LogP contribution in [0.2, 0.25) is 0 Å². The van der Waals surface area contributed by atoms with E-state index in [9.17, 15) is 4.79 Å². The molecule has 0 bridgehead atoms. The number of hydrogen-bond acceptors (Lipinski definition) is 4. The standard InChI is InChI=1S/C19H24N4O2/c1-25-13-12-23-11-9-16(14-23)21-19(24)22-17-8-5-10-20-18(17)15-6-3-2-4-7-15/h2-8,10,16H,9,11-14H2,1H3,(H2,21,22,24). The Morgan fingerprint density at radius 1 is 1.28 bits per heavy atom. The summed E-state index contributed by atoms with van der Waals surface area (Å²) >= 11 is 0. The molecule has 1 aliphatic heterocycles. The van der Waals surface area contributed by atoms with Crippen molar-refractivity contribution in [3.8, 4) is 11.3 Å². The van der Waals surface area contributed by atoms with Crippen LogP contribution in [0.5, 0.6) is 0 Å². The molecular weight excluding hydrogens is 316 g/mol. The second-order valence-electron chi connectivity index (χ2n) is 6.14. The molecular formula is C19H24N4O2. The predicted octanol–water partition coefficient (Wildman–Crippen LogP) is 2.59. The Morgan fingerprint density at radius 2 is 2.12 bits per heavy atom. The zero-order valence-corrected chi connectivity index (χ0v) is 14.4. The van der Waals surface area contributed by atoms with Gasteiger partial charge in [0.25, 0.3) is 0 Å². The molecule has 132 valence electrons. The minimum atomic E-state index is -0.191. The zero-order valence-electron chi connectivity index (χ0n) is 14.4. The van der Waals surface area contributed by atoms with Gasteiger partial charge in [-0.15, -0.1) is 0 Å². The maximum Gasteiger partial charge on any atom is 0.319 e. The Bertz CT molecular complexity index is 693. The average molecular weight is 340 g/mol. The van der Waals surface area contributed by atoms with Gasteiger partial charge in [0.1, 0.15) is 0 Å². The fraction of sp³-hybridized carbons (Fsp3) is 0.368. The summed E-state index contributed by atoms with van der Waals surface area (Å²) in [4.78, 5) is 19.1. The number of ether oxygens (including phenoxy) is 1. The smallest absolute Gasteiger partial charge is 0.319 e. The predicted molar refractivity (Wildman–Crippen MR) is 98.5 cm³/mol. The number of aromatic nitrogens is 1. The number of pyridine rings is 1. The van der Waals surface area contributed by atoms with Crippen LogP contribution in [-0.2, 0) is 4.74 Å². The van der Waals surface area contributed by atoms with Gasteiger partial charge in [-0.25, -0.2) is 4.79 Å². The van der Waals surface area contributed by atoms with Gasteiger partial charge in [0.05, 0.1) is 18.0 Å². The molecule has 1 atom stereocenters. The third-order valence-corrected chi connectivity index (χ3v) is 4.32. The number of nitrogens with zero attached hydrogens (tertiary/aromatic N) is 2. The molecule has 25 heavy (non-hydrogen) atoms. The van der Waals surface area contributed by atoms with Gasteiger partial charge in [-0.1, -0.05) is 30.3 Å². The first kappa shape index (κ1) is 17.4. The van der Waals surface area contributed by atoms with Crippen molar-refractivity contribution in [2.75, 3.05) is 38.7 Å². The van der Waals surface area contributed by atoms with Crippen LogP contribution in [0.25, 0.3) is 11.3 Å². The largest absolute Gasteiger partial charge is 0.383 e. The van der Waals surface area contributed by atoms with Gasteiger partial charge in [-0.05, 0) is 18.6 Å². The third-order valence-electron chi connectivity index (χ3n) is 4.32. The first-order valence-electron chi connectivity index (χ1n) is 8.55. The molecule has 0 radical (unpaired) electrons. The molecule has 0 aliphatic carbocycles. The van der Waals surface area contributed by atoms with Crippen molar-refractivity contribution < 1.29 is 9.53 Å². The molecule has 1 aromatic heterocycles. The number of rotatable bonds is 6. The van der Waals surface area contributed by atoms with E-state index < -0.39 is 0 Å². The van der Waals surface area contributed by atoms with Crippen LogP contribution < -0.4 is 10.6 Å². The number of hydrogen-bond donors (Lipinski definition) is 2. The van der Waals surface area contributed by atoms with E-state index in [0.29, 0.717) is 5.69 Å². The molecule has 1 aromatic carbocycles. The second-order valence-corrected chi connectivity index (χ2v) is 6.14. The molecule has 0 saturated carbocycles. The van der Waals surface area contributed by atoms with Gasteiger partial charge in [0.2, 0.25) is 0 Å². The summed E-state index contributed by atoms with van der Waals surface area (Å²) in [5.41, 5.74) is 2.46. The molecule has 1 saturated heterocycles. The Hall–Kier alpha value is -2.44. The van der Waals surface area contributed by atoms with E-state index in [1.54, 1.807) is 13.3 Å². The van der Waals surface area contributed by atoms with Crippen molar-refractivity contribution in [1.82, 2.24) is 15.2 Å². The Morgan fingerprint density at radius 3 is 2.92 bits per heavy atom. The van der Waals surface area contributed by atoms with Gasteiger partial charge in [0, 0.05) is 44.5 Å². The van der Waals surface area contributed by atoms with Gasteiger partial charge < -0.3 is 15.4 Å². The molecule has 1 unspecified atom stereocenters. The molecule has 2 amide bonds. The summed E-state index contributed by atoms with van der Waals surface area (Å²) in [6.07, 6.45) is 2.69. The molecule has 3 rings (SSSR count). The average Bonchev–Trinajstić information content (AvgIpc) is 3.08. The van der Waals surface area contributed by atoms with Crippen LogP contribution in [0.4, 0.5) is 10.5 Å². The van der Waals surface area contributed by atoms with Crippen LogP contribution >= 0.6 is 0 Å². The fourth-order valence-electron chi connectivity index (χ4n) is 3.05. The van der Waals surface area contributed by atoms with Crippen molar-refractivity contribution in [3.63, 3.8) is 0 Å². The number of urea groups is 1. The van der Waals surface area contributed by atoms with Crippen molar-refractivity contribution in [3.05, 3.63) is 48.7 Å². The number of methoxy groups -OCH3 is 1. The Kier molecular flexibility index (Phi) is 5.98. The fourth-order valence-corrected chi connectivity index (χ4v) is 3.05. The van der Waals surface area contributed by atoms with Crippen LogP contribution in [-0.4, -0.2) is 55.3 Å². The van der Waals surface area contributed by atoms with E-state index in [0.717, 1.165) is 43.9 Å². The Balaban J connectivity index is 1.59. The Labute approximate surface area is 148 Å². The van der Waals surface area contributed by atoms with Crippen LogP contribution in [0.15, 0.2) is 48.7 Å². The van der Waals surface area contributed by atoms with Crippen LogP contribution in [0.1, 0.15) is 6.42 Å². The first-order valence-corrected chi connectivity index (χ1v) is 8.55. The number of carbonyl (C=O) groups excluding carboxylic acids is 1. The van der Waals surface area contributed by atoms with Crippen molar-refractivity contribution in [2.24, 2.45) is 0 Å². The molecule has 6 heteroatoms. The highest BCUT2D eigenvalue weighted by Gasteiger charge is 2.23. The summed E-state index contributed by atoms with van der Waals surface area (Å²) in [6.45, 7) is 3.46. The summed E-state index contributed by atoms with van der Waals surface area (Å²) in [5, 5.41) is 5.99. The minimum Gasteiger partial charge on any atom is -0.383 e. The van der Waals surface area contributed by atoms with Crippen molar-refractivity contribution >= 4 is 11.7 Å². The molecule has 6 nitrogen and oxygen atoms in total. The maximum atomic E-state index is 12.4. The van der Waals surface area contributed by atoms with E-state index in [1.807, 2.05) is 42.5 Å². The molecule has 2 heterocycles. The quantitative estimate of drug-likeness (QED) is 0.848. The van der Waals surface area contributed by atoms with E-state index in [2.05, 4.69) is 20.5 Å². The monoisotopic (exact) mass is 340 g/mol. The van der Waals surface area contributed by atoms with Gasteiger partial charge in [0.15, 0.2) is 0 Å². The lowest BCUT2D eigenvalue weighted by Gasteiger charge is -2.17. The van der Waals surface area contributed by atoms with Gasteiger partial charge in [-0.3, -0.25) is 9.88 Å². The summed E-state index contributed by atoms with van der Waals surface area (Å²) in [6, 6.07) is 13.5.